The van der Waals surface area contributed by atoms with Gasteiger partial charge in [-0.1, -0.05) is 29.8 Å². The van der Waals surface area contributed by atoms with Crippen LogP contribution in [0.5, 0.6) is 0 Å². The van der Waals surface area contributed by atoms with E-state index < -0.39 is 10.0 Å². The topological polar surface area (TPSA) is 66.5 Å². The molecular formula is C12H17BrN2O3S. The number of nitrogens with one attached hydrogen (secondary N) is 1. The van der Waals surface area contributed by atoms with Crippen molar-refractivity contribution in [1.29, 1.82) is 0 Å². The molecule has 0 aliphatic rings. The number of carbonyl (C=O) groups excluding carboxylic acids is 1. The Morgan fingerprint density at radius 1 is 1.21 bits per heavy atom. The van der Waals surface area contributed by atoms with Gasteiger partial charge in [0, 0.05) is 18.8 Å². The molecule has 0 unspecified atom stereocenters. The van der Waals surface area contributed by atoms with E-state index in [9.17, 15) is 13.2 Å². The normalized spacial score (nSPS) is 11.6. The largest absolute Gasteiger partial charge is 0.325 e. The average molecular weight is 349 g/mol. The Hall–Kier alpha value is -0.920. The summed E-state index contributed by atoms with van der Waals surface area (Å²) < 4.78 is 25.8. The molecule has 106 valence electrons. The third-order valence-electron chi connectivity index (χ3n) is 2.60. The first-order valence-corrected chi connectivity index (χ1v) is 8.47. The standard InChI is InChI=1S/C12H17BrN2O3S/c1-3-15(4-2)19(17,18)11-7-5-10(6-8-11)14-12(16)9-13/h5-8H,3-4,9H2,1-2H3,(H,14,16). The molecule has 0 saturated carbocycles. The second kappa shape index (κ2) is 7.02. The van der Waals surface area contributed by atoms with Crippen LogP contribution in [0.4, 0.5) is 5.69 Å². The number of nitrogens with zero attached hydrogens (tertiary/aromatic N) is 1. The lowest BCUT2D eigenvalue weighted by Gasteiger charge is -2.18. The molecule has 1 aromatic rings. The van der Waals surface area contributed by atoms with Gasteiger partial charge in [-0.2, -0.15) is 4.31 Å². The third kappa shape index (κ3) is 4.02. The van der Waals surface area contributed by atoms with Crippen LogP contribution in [0, 0.1) is 0 Å². The predicted octanol–water partition coefficient (Wildman–Crippen LogP) is 2.05. The molecule has 0 spiro atoms. The fourth-order valence-corrected chi connectivity index (χ4v) is 3.22. The molecule has 0 aliphatic carbocycles. The second-order valence-corrected chi connectivity index (χ2v) is 6.29. The fraction of sp³-hybridized carbons (Fsp3) is 0.417. The van der Waals surface area contributed by atoms with Crippen LogP contribution in [0.25, 0.3) is 0 Å². The van der Waals surface area contributed by atoms with Crippen molar-refractivity contribution in [2.45, 2.75) is 18.7 Å². The van der Waals surface area contributed by atoms with Gasteiger partial charge in [0.25, 0.3) is 0 Å². The van der Waals surface area contributed by atoms with E-state index >= 15 is 0 Å². The van der Waals surface area contributed by atoms with E-state index in [0.29, 0.717) is 18.8 Å². The molecule has 0 heterocycles. The van der Waals surface area contributed by atoms with Gasteiger partial charge >= 0.3 is 0 Å². The van der Waals surface area contributed by atoms with Crippen LogP contribution in [-0.4, -0.2) is 37.0 Å². The van der Waals surface area contributed by atoms with Gasteiger partial charge in [-0.25, -0.2) is 8.42 Å². The van der Waals surface area contributed by atoms with Gasteiger partial charge in [-0.05, 0) is 24.3 Å². The van der Waals surface area contributed by atoms with Crippen LogP contribution in [0.3, 0.4) is 0 Å². The zero-order valence-electron chi connectivity index (χ0n) is 10.9. The van der Waals surface area contributed by atoms with Crippen molar-refractivity contribution in [2.75, 3.05) is 23.7 Å². The first kappa shape index (κ1) is 16.1. The molecule has 0 aliphatic heterocycles. The highest BCUT2D eigenvalue weighted by atomic mass is 79.9. The van der Waals surface area contributed by atoms with Crippen molar-refractivity contribution in [1.82, 2.24) is 4.31 Å². The Morgan fingerprint density at radius 2 is 1.74 bits per heavy atom. The van der Waals surface area contributed by atoms with Gasteiger partial charge in [0.2, 0.25) is 15.9 Å². The minimum atomic E-state index is -3.44. The Kier molecular flexibility index (Phi) is 5.96. The first-order chi connectivity index (χ1) is 8.95. The highest BCUT2D eigenvalue weighted by molar-refractivity contribution is 9.09. The molecule has 7 heteroatoms. The number of halogens is 1. The van der Waals surface area contributed by atoms with E-state index in [4.69, 9.17) is 0 Å². The van der Waals surface area contributed by atoms with Crippen LogP contribution in [0.2, 0.25) is 0 Å². The lowest BCUT2D eigenvalue weighted by molar-refractivity contribution is -0.113. The number of anilines is 1. The summed E-state index contributed by atoms with van der Waals surface area (Å²) in [5.74, 6) is -0.181. The maximum absolute atomic E-state index is 12.2. The van der Waals surface area contributed by atoms with Gasteiger partial charge < -0.3 is 5.32 Å². The minimum Gasteiger partial charge on any atom is -0.325 e. The summed E-state index contributed by atoms with van der Waals surface area (Å²) in [7, 11) is -3.44. The summed E-state index contributed by atoms with van der Waals surface area (Å²) >= 11 is 3.04. The van der Waals surface area contributed by atoms with E-state index in [2.05, 4.69) is 21.2 Å². The van der Waals surface area contributed by atoms with Gasteiger partial charge in [0.05, 0.1) is 10.2 Å². The Morgan fingerprint density at radius 3 is 2.16 bits per heavy atom. The molecule has 0 atom stereocenters. The maximum Gasteiger partial charge on any atom is 0.243 e. The summed E-state index contributed by atoms with van der Waals surface area (Å²) in [5, 5.41) is 2.83. The monoisotopic (exact) mass is 348 g/mol. The summed E-state index contributed by atoms with van der Waals surface area (Å²) in [6.45, 7) is 4.46. The summed E-state index contributed by atoms with van der Waals surface area (Å²) in [5.41, 5.74) is 0.572. The zero-order valence-corrected chi connectivity index (χ0v) is 13.3. The van der Waals surface area contributed by atoms with E-state index in [0.717, 1.165) is 0 Å². The van der Waals surface area contributed by atoms with E-state index in [1.807, 2.05) is 0 Å². The molecule has 1 aromatic carbocycles. The number of alkyl halides is 1. The quantitative estimate of drug-likeness (QED) is 0.800. The molecular weight excluding hydrogens is 332 g/mol. The molecule has 19 heavy (non-hydrogen) atoms. The maximum atomic E-state index is 12.2. The van der Waals surface area contributed by atoms with Gasteiger partial charge in [0.1, 0.15) is 0 Å². The molecule has 0 radical (unpaired) electrons. The summed E-state index contributed by atoms with van der Waals surface area (Å²) in [4.78, 5) is 11.4. The van der Waals surface area contributed by atoms with Crippen molar-refractivity contribution in [3.8, 4) is 0 Å². The number of carbonyl (C=O) groups is 1. The fourth-order valence-electron chi connectivity index (χ4n) is 1.62. The summed E-state index contributed by atoms with van der Waals surface area (Å²) in [6.07, 6.45) is 0. The highest BCUT2D eigenvalue weighted by Gasteiger charge is 2.21. The lowest BCUT2D eigenvalue weighted by Crippen LogP contribution is -2.30. The zero-order chi connectivity index (χ0) is 14.5. The van der Waals surface area contributed by atoms with Gasteiger partial charge in [-0.15, -0.1) is 0 Å². The lowest BCUT2D eigenvalue weighted by atomic mass is 10.3. The average Bonchev–Trinajstić information content (AvgIpc) is 2.40. The summed E-state index contributed by atoms with van der Waals surface area (Å²) in [6, 6.07) is 6.16. The second-order valence-electron chi connectivity index (χ2n) is 3.80. The molecule has 0 fully saturated rings. The SMILES string of the molecule is CCN(CC)S(=O)(=O)c1ccc(NC(=O)CBr)cc1. The van der Waals surface area contributed by atoms with Crippen LogP contribution in [0.1, 0.15) is 13.8 Å². The number of rotatable bonds is 6. The van der Waals surface area contributed by atoms with Crippen molar-refractivity contribution >= 4 is 37.5 Å². The van der Waals surface area contributed by atoms with Crippen molar-refractivity contribution in [3.63, 3.8) is 0 Å². The van der Waals surface area contributed by atoms with Gasteiger partial charge in [0.15, 0.2) is 0 Å². The smallest absolute Gasteiger partial charge is 0.243 e. The van der Waals surface area contributed by atoms with Gasteiger partial charge in [-0.3, -0.25) is 4.79 Å². The highest BCUT2D eigenvalue weighted by Crippen LogP contribution is 2.18. The number of hydrogen-bond donors (Lipinski definition) is 1. The van der Waals surface area contributed by atoms with Crippen molar-refractivity contribution < 1.29 is 13.2 Å². The molecule has 1 rings (SSSR count). The molecule has 0 bridgehead atoms. The molecule has 1 N–H and O–H groups in total. The predicted molar refractivity (Wildman–Crippen MR) is 79.0 cm³/mol. The Labute approximate surface area is 122 Å². The first-order valence-electron chi connectivity index (χ1n) is 5.91. The van der Waals surface area contributed by atoms with Crippen LogP contribution in [-0.2, 0) is 14.8 Å². The number of sulfonamides is 1. The molecule has 0 saturated heterocycles. The molecule has 5 nitrogen and oxygen atoms in total. The Balaban J connectivity index is 2.95. The van der Waals surface area contributed by atoms with Crippen LogP contribution in [0.15, 0.2) is 29.2 Å². The van der Waals surface area contributed by atoms with Crippen molar-refractivity contribution in [2.24, 2.45) is 0 Å². The number of amides is 1. The van der Waals surface area contributed by atoms with Crippen molar-refractivity contribution in [3.05, 3.63) is 24.3 Å². The number of benzene rings is 1. The Bertz CT molecular complexity index is 524. The molecule has 1 amide bonds. The van der Waals surface area contributed by atoms with Crippen LogP contribution < -0.4 is 5.32 Å². The van der Waals surface area contributed by atoms with E-state index in [1.54, 1.807) is 26.0 Å². The molecule has 0 aromatic heterocycles. The van der Waals surface area contributed by atoms with Crippen LogP contribution >= 0.6 is 15.9 Å². The minimum absolute atomic E-state index is 0.181. The van der Waals surface area contributed by atoms with E-state index in [-0.39, 0.29) is 16.1 Å². The van der Waals surface area contributed by atoms with E-state index in [1.165, 1.54) is 16.4 Å². The third-order valence-corrected chi connectivity index (χ3v) is 5.18. The number of hydrogen-bond acceptors (Lipinski definition) is 3.